The fraction of sp³-hybridized carbons (Fsp3) is 0.417. The first-order valence-electron chi connectivity index (χ1n) is 10.4. The van der Waals surface area contributed by atoms with Crippen LogP contribution in [0.3, 0.4) is 0 Å². The number of thioether (sulfide) groups is 1. The van der Waals surface area contributed by atoms with Crippen LogP contribution in [0.5, 0.6) is 0 Å². The highest BCUT2D eigenvalue weighted by Gasteiger charge is 2.25. The summed E-state index contributed by atoms with van der Waals surface area (Å²) in [6.45, 7) is 5.10. The van der Waals surface area contributed by atoms with Crippen molar-refractivity contribution in [3.8, 4) is 0 Å². The summed E-state index contributed by atoms with van der Waals surface area (Å²) in [6, 6.07) is 17.7. The van der Waals surface area contributed by atoms with E-state index < -0.39 is 6.04 Å². The van der Waals surface area contributed by atoms with Crippen LogP contribution in [0.15, 0.2) is 59.1 Å². The fourth-order valence-corrected chi connectivity index (χ4v) is 4.16. The first-order chi connectivity index (χ1) is 14.5. The summed E-state index contributed by atoms with van der Waals surface area (Å²) < 4.78 is 1.04. The minimum absolute atomic E-state index is 0.00573. The molecular formula is C24H31BrN2O2S. The van der Waals surface area contributed by atoms with Gasteiger partial charge in [0.25, 0.3) is 0 Å². The van der Waals surface area contributed by atoms with Crippen LogP contribution >= 0.6 is 27.7 Å². The van der Waals surface area contributed by atoms with Crippen molar-refractivity contribution in [2.45, 2.75) is 44.9 Å². The third-order valence-corrected chi connectivity index (χ3v) is 6.41. The van der Waals surface area contributed by atoms with Gasteiger partial charge >= 0.3 is 0 Å². The molecule has 1 atom stereocenters. The van der Waals surface area contributed by atoms with E-state index in [0.29, 0.717) is 18.8 Å². The van der Waals surface area contributed by atoms with Crippen molar-refractivity contribution in [3.05, 3.63) is 70.2 Å². The molecule has 0 heterocycles. The van der Waals surface area contributed by atoms with E-state index in [4.69, 9.17) is 0 Å². The monoisotopic (exact) mass is 490 g/mol. The number of nitrogens with zero attached hydrogens (tertiary/aromatic N) is 1. The number of carbonyl (C=O) groups is 2. The van der Waals surface area contributed by atoms with Gasteiger partial charge in [-0.3, -0.25) is 9.59 Å². The zero-order chi connectivity index (χ0) is 21.8. The summed E-state index contributed by atoms with van der Waals surface area (Å²) in [5.74, 6) is 1.05. The molecule has 0 saturated carbocycles. The minimum Gasteiger partial charge on any atom is -0.354 e. The predicted molar refractivity (Wildman–Crippen MR) is 130 cm³/mol. The van der Waals surface area contributed by atoms with E-state index in [-0.39, 0.29) is 11.8 Å². The van der Waals surface area contributed by atoms with E-state index in [2.05, 4.69) is 52.4 Å². The van der Waals surface area contributed by atoms with Gasteiger partial charge in [0.15, 0.2) is 0 Å². The van der Waals surface area contributed by atoms with Crippen LogP contribution in [0.2, 0.25) is 0 Å². The Labute approximate surface area is 192 Å². The molecule has 0 bridgehead atoms. The summed E-state index contributed by atoms with van der Waals surface area (Å²) in [4.78, 5) is 27.3. The summed E-state index contributed by atoms with van der Waals surface area (Å²) in [5, 5.41) is 2.96. The van der Waals surface area contributed by atoms with E-state index in [1.807, 2.05) is 37.3 Å². The largest absolute Gasteiger partial charge is 0.354 e. The molecule has 1 N–H and O–H groups in total. The van der Waals surface area contributed by atoms with Crippen LogP contribution < -0.4 is 5.32 Å². The second kappa shape index (κ2) is 13.5. The number of benzene rings is 2. The molecule has 0 aliphatic rings. The molecule has 0 radical (unpaired) electrons. The van der Waals surface area contributed by atoms with Gasteiger partial charge < -0.3 is 10.2 Å². The van der Waals surface area contributed by atoms with Crippen molar-refractivity contribution in [2.24, 2.45) is 0 Å². The van der Waals surface area contributed by atoms with E-state index >= 15 is 0 Å². The summed E-state index contributed by atoms with van der Waals surface area (Å²) >= 11 is 5.02. The molecule has 162 valence electrons. The smallest absolute Gasteiger partial charge is 0.242 e. The average molecular weight is 491 g/mol. The highest BCUT2D eigenvalue weighted by atomic mass is 79.9. The number of rotatable bonds is 12. The molecule has 4 nitrogen and oxygen atoms in total. The fourth-order valence-electron chi connectivity index (χ4n) is 3.03. The van der Waals surface area contributed by atoms with Gasteiger partial charge in [0, 0.05) is 23.3 Å². The number of carbonyl (C=O) groups excluding carboxylic acids is 2. The van der Waals surface area contributed by atoms with Gasteiger partial charge in [-0.15, -0.1) is 11.8 Å². The molecule has 0 spiro atoms. The van der Waals surface area contributed by atoms with Crippen molar-refractivity contribution >= 4 is 39.5 Å². The van der Waals surface area contributed by atoms with Crippen LogP contribution in [-0.2, 0) is 21.8 Å². The lowest BCUT2D eigenvalue weighted by Gasteiger charge is -2.28. The number of amides is 2. The van der Waals surface area contributed by atoms with Crippen molar-refractivity contribution in [3.63, 3.8) is 0 Å². The highest BCUT2D eigenvalue weighted by molar-refractivity contribution is 9.10. The molecule has 0 unspecified atom stereocenters. The number of hydrogen-bond donors (Lipinski definition) is 1. The number of halogens is 1. The number of unbranched alkanes of at least 4 members (excludes halogenated alkanes) is 1. The van der Waals surface area contributed by atoms with Gasteiger partial charge in [0.2, 0.25) is 11.8 Å². The number of hydrogen-bond acceptors (Lipinski definition) is 3. The lowest BCUT2D eigenvalue weighted by Crippen LogP contribution is -2.49. The van der Waals surface area contributed by atoms with Crippen molar-refractivity contribution < 1.29 is 9.59 Å². The Morgan fingerprint density at radius 2 is 1.77 bits per heavy atom. The van der Waals surface area contributed by atoms with E-state index in [9.17, 15) is 9.59 Å². The maximum Gasteiger partial charge on any atom is 0.242 e. The van der Waals surface area contributed by atoms with E-state index in [1.54, 1.807) is 16.7 Å². The summed E-state index contributed by atoms with van der Waals surface area (Å²) in [7, 11) is 0. The topological polar surface area (TPSA) is 49.4 Å². The maximum absolute atomic E-state index is 13.0. The van der Waals surface area contributed by atoms with Gasteiger partial charge in [-0.1, -0.05) is 71.7 Å². The average Bonchev–Trinajstić information content (AvgIpc) is 2.76. The van der Waals surface area contributed by atoms with Crippen molar-refractivity contribution in [2.75, 3.05) is 18.8 Å². The molecule has 2 aromatic carbocycles. The molecule has 2 aromatic rings. The zero-order valence-corrected chi connectivity index (χ0v) is 20.2. The Bertz CT molecular complexity index is 784. The maximum atomic E-state index is 13.0. The molecule has 0 fully saturated rings. The Morgan fingerprint density at radius 3 is 2.43 bits per heavy atom. The number of nitrogens with one attached hydrogen (secondary N) is 1. The Kier molecular flexibility index (Phi) is 11.0. The van der Waals surface area contributed by atoms with Gasteiger partial charge in [-0.2, -0.15) is 0 Å². The van der Waals surface area contributed by atoms with Crippen LogP contribution in [0.1, 0.15) is 37.8 Å². The molecular weight excluding hydrogens is 460 g/mol. The lowest BCUT2D eigenvalue weighted by atomic mass is 10.1. The predicted octanol–water partition coefficient (Wildman–Crippen LogP) is 5.06. The van der Waals surface area contributed by atoms with Gasteiger partial charge in [0.05, 0.1) is 5.75 Å². The van der Waals surface area contributed by atoms with Crippen molar-refractivity contribution in [1.82, 2.24) is 10.2 Å². The van der Waals surface area contributed by atoms with Gasteiger partial charge in [-0.25, -0.2) is 0 Å². The van der Waals surface area contributed by atoms with E-state index in [0.717, 1.165) is 35.1 Å². The lowest BCUT2D eigenvalue weighted by molar-refractivity contribution is -0.137. The van der Waals surface area contributed by atoms with Crippen LogP contribution in [0.4, 0.5) is 0 Å². The molecule has 0 aromatic heterocycles. The zero-order valence-electron chi connectivity index (χ0n) is 17.8. The standard InChI is InChI=1S/C24H31BrN2O2S/c1-3-4-15-26-24(29)19(2)27(16-14-20-8-6-5-7-9-20)23(28)18-30-17-21-10-12-22(25)13-11-21/h5-13,19H,3-4,14-18H2,1-2H3,(H,26,29)/t19-/m0/s1. The van der Waals surface area contributed by atoms with Crippen molar-refractivity contribution in [1.29, 1.82) is 0 Å². The van der Waals surface area contributed by atoms with Gasteiger partial charge in [0.1, 0.15) is 6.04 Å². The Hall–Kier alpha value is -1.79. The molecule has 0 saturated heterocycles. The molecule has 0 aliphatic heterocycles. The van der Waals surface area contributed by atoms with Gasteiger partial charge in [-0.05, 0) is 43.0 Å². The second-order valence-electron chi connectivity index (χ2n) is 7.26. The van der Waals surface area contributed by atoms with Crippen LogP contribution in [0.25, 0.3) is 0 Å². The molecule has 30 heavy (non-hydrogen) atoms. The molecule has 2 rings (SSSR count). The second-order valence-corrected chi connectivity index (χ2v) is 9.16. The summed E-state index contributed by atoms with van der Waals surface area (Å²) in [6.07, 6.45) is 2.70. The Morgan fingerprint density at radius 1 is 1.07 bits per heavy atom. The molecule has 0 aliphatic carbocycles. The Balaban J connectivity index is 1.96. The summed E-state index contributed by atoms with van der Waals surface area (Å²) in [5.41, 5.74) is 2.34. The first-order valence-corrected chi connectivity index (χ1v) is 12.4. The third-order valence-electron chi connectivity index (χ3n) is 4.89. The quantitative estimate of drug-likeness (QED) is 0.423. The van der Waals surface area contributed by atoms with Crippen LogP contribution in [-0.4, -0.2) is 41.6 Å². The third kappa shape index (κ3) is 8.52. The molecule has 6 heteroatoms. The highest BCUT2D eigenvalue weighted by Crippen LogP contribution is 2.17. The molecule has 2 amide bonds. The SMILES string of the molecule is CCCCNC(=O)[C@H](C)N(CCc1ccccc1)C(=O)CSCc1ccc(Br)cc1. The first kappa shape index (κ1) is 24.5. The minimum atomic E-state index is -0.480. The normalized spacial score (nSPS) is 11.7. The van der Waals surface area contributed by atoms with E-state index in [1.165, 1.54) is 5.56 Å². The van der Waals surface area contributed by atoms with Crippen LogP contribution in [0, 0.1) is 0 Å².